The zero-order valence-corrected chi connectivity index (χ0v) is 23.2. The lowest BCUT2D eigenvalue weighted by Crippen LogP contribution is -2.24. The number of anilines is 1. The van der Waals surface area contributed by atoms with Crippen molar-refractivity contribution in [1.82, 2.24) is 30.1 Å². The third-order valence-corrected chi connectivity index (χ3v) is 8.92. The van der Waals surface area contributed by atoms with Crippen molar-refractivity contribution in [2.75, 3.05) is 5.32 Å². The number of nitrogens with one attached hydrogen (secondary N) is 3. The summed E-state index contributed by atoms with van der Waals surface area (Å²) in [6.07, 6.45) is 12.3. The summed E-state index contributed by atoms with van der Waals surface area (Å²) in [5, 5.41) is 12.5. The maximum absolute atomic E-state index is 12.8. The van der Waals surface area contributed by atoms with Crippen molar-refractivity contribution in [3.63, 3.8) is 0 Å². The minimum Gasteiger partial charge on any atom is -0.353 e. The lowest BCUT2D eigenvalue weighted by Gasteiger charge is -2.20. The van der Waals surface area contributed by atoms with Crippen LogP contribution in [0.25, 0.3) is 55.0 Å². The fourth-order valence-corrected chi connectivity index (χ4v) is 6.49. The minimum absolute atomic E-state index is 0.0442. The number of nitrogens with zero attached hydrogens (tertiary/aromatic N) is 4. The van der Waals surface area contributed by atoms with Crippen molar-refractivity contribution in [2.45, 2.75) is 39.0 Å². The van der Waals surface area contributed by atoms with Gasteiger partial charge in [-0.3, -0.25) is 24.7 Å². The van der Waals surface area contributed by atoms with E-state index in [9.17, 15) is 9.59 Å². The number of Topliss-reactive ketones (excluding diaryl/α,β-unsaturated/α-hetero) is 1. The highest BCUT2D eigenvalue weighted by atomic mass is 32.1. The van der Waals surface area contributed by atoms with E-state index >= 15 is 0 Å². The Morgan fingerprint density at radius 2 is 1.80 bits per heavy atom. The van der Waals surface area contributed by atoms with Gasteiger partial charge in [0.25, 0.3) is 0 Å². The summed E-state index contributed by atoms with van der Waals surface area (Å²) in [5.74, 6) is 0.187. The zero-order valence-electron chi connectivity index (χ0n) is 22.4. The van der Waals surface area contributed by atoms with E-state index in [-0.39, 0.29) is 17.6 Å². The Morgan fingerprint density at radius 1 is 0.951 bits per heavy atom. The van der Waals surface area contributed by atoms with Gasteiger partial charge in [-0.15, -0.1) is 11.3 Å². The van der Waals surface area contributed by atoms with Gasteiger partial charge < -0.3 is 10.3 Å². The predicted octanol–water partition coefficient (Wildman–Crippen LogP) is 7.01. The van der Waals surface area contributed by atoms with Crippen LogP contribution in [0.3, 0.4) is 0 Å². The number of aromatic nitrogens is 6. The van der Waals surface area contributed by atoms with Crippen LogP contribution in [0.1, 0.15) is 48.7 Å². The van der Waals surface area contributed by atoms with Crippen LogP contribution in [0.2, 0.25) is 0 Å². The highest BCUT2D eigenvalue weighted by Crippen LogP contribution is 2.36. The third kappa shape index (κ3) is 4.80. The predicted molar refractivity (Wildman–Crippen MR) is 161 cm³/mol. The summed E-state index contributed by atoms with van der Waals surface area (Å²) in [6, 6.07) is 11.7. The highest BCUT2D eigenvalue weighted by molar-refractivity contribution is 7.17. The van der Waals surface area contributed by atoms with Gasteiger partial charge in [0.05, 0.1) is 38.7 Å². The average molecular weight is 562 g/mol. The fourth-order valence-electron chi connectivity index (χ4n) is 5.58. The molecule has 1 saturated carbocycles. The van der Waals surface area contributed by atoms with Crippen LogP contribution in [0.5, 0.6) is 0 Å². The van der Waals surface area contributed by atoms with Crippen LogP contribution in [-0.4, -0.2) is 41.8 Å². The second-order valence-corrected chi connectivity index (χ2v) is 11.6. The topological polar surface area (TPSA) is 129 Å². The summed E-state index contributed by atoms with van der Waals surface area (Å²) in [4.78, 5) is 43.4. The van der Waals surface area contributed by atoms with Crippen molar-refractivity contribution >= 4 is 50.7 Å². The molecule has 6 aromatic heterocycles. The second-order valence-electron chi connectivity index (χ2n) is 10.5. The van der Waals surface area contributed by atoms with E-state index in [0.717, 1.165) is 75.1 Å². The number of hydrogen-bond acceptors (Lipinski definition) is 7. The standard InChI is InChI=1S/C31H27N7O2S/c1-17(39)26-7-8-27(41-26)29-22-13-25(36-24(22)9-10-33-29)28-23-12-20(15-34-30(23)38-37-28)19-11-21(16-32-14-19)35-31(40)18-5-3-2-4-6-18/h7-16,18,36H,2-6H2,1H3,(H,35,40)(H,34,37,38). The Morgan fingerprint density at radius 3 is 2.63 bits per heavy atom. The van der Waals surface area contributed by atoms with Crippen molar-refractivity contribution in [3.8, 4) is 33.1 Å². The molecule has 0 unspecified atom stereocenters. The van der Waals surface area contributed by atoms with E-state index in [4.69, 9.17) is 0 Å². The van der Waals surface area contributed by atoms with E-state index in [0.29, 0.717) is 16.2 Å². The van der Waals surface area contributed by atoms with E-state index in [1.54, 1.807) is 31.7 Å². The molecule has 0 radical (unpaired) electrons. The van der Waals surface area contributed by atoms with E-state index in [2.05, 4.69) is 35.5 Å². The fraction of sp³-hybridized carbons (Fsp3) is 0.226. The van der Waals surface area contributed by atoms with Gasteiger partial charge in [0.2, 0.25) is 5.91 Å². The molecule has 0 aromatic carbocycles. The van der Waals surface area contributed by atoms with E-state index in [1.165, 1.54) is 17.8 Å². The average Bonchev–Trinajstić information content (AvgIpc) is 3.75. The molecule has 41 heavy (non-hydrogen) atoms. The maximum Gasteiger partial charge on any atom is 0.227 e. The van der Waals surface area contributed by atoms with Crippen LogP contribution in [0.4, 0.5) is 5.69 Å². The SMILES string of the molecule is CC(=O)c1ccc(-c2nccc3[nH]c(-c4[nH]nc5ncc(-c6cncc(NC(=O)C7CCCCC7)c6)cc45)cc23)s1. The lowest BCUT2D eigenvalue weighted by atomic mass is 9.88. The molecule has 1 aliphatic rings. The molecule has 1 fully saturated rings. The number of fused-ring (bicyclic) bond motifs is 2. The third-order valence-electron chi connectivity index (χ3n) is 7.73. The molecule has 7 rings (SSSR count). The molecular formula is C31H27N7O2S. The number of hydrogen-bond donors (Lipinski definition) is 3. The molecule has 3 N–H and O–H groups in total. The van der Waals surface area contributed by atoms with Gasteiger partial charge in [0.15, 0.2) is 11.4 Å². The van der Waals surface area contributed by atoms with Gasteiger partial charge in [-0.05, 0) is 56.2 Å². The monoisotopic (exact) mass is 561 g/mol. The van der Waals surface area contributed by atoms with E-state index < -0.39 is 0 Å². The maximum atomic E-state index is 12.8. The van der Waals surface area contributed by atoms with Gasteiger partial charge in [0.1, 0.15) is 0 Å². The normalized spacial score (nSPS) is 14.1. The Bertz CT molecular complexity index is 1930. The first-order valence-corrected chi connectivity index (χ1v) is 14.5. The number of H-pyrrole nitrogens is 2. The molecule has 1 amide bonds. The molecule has 6 heterocycles. The first-order chi connectivity index (χ1) is 20.0. The van der Waals surface area contributed by atoms with Crippen LogP contribution in [-0.2, 0) is 4.79 Å². The summed E-state index contributed by atoms with van der Waals surface area (Å²) in [6.45, 7) is 1.57. The second kappa shape index (κ2) is 10.4. The molecular weight excluding hydrogens is 534 g/mol. The lowest BCUT2D eigenvalue weighted by molar-refractivity contribution is -0.120. The van der Waals surface area contributed by atoms with Crippen molar-refractivity contribution < 1.29 is 9.59 Å². The largest absolute Gasteiger partial charge is 0.353 e. The quantitative estimate of drug-likeness (QED) is 0.188. The molecule has 9 nitrogen and oxygen atoms in total. The van der Waals surface area contributed by atoms with Crippen molar-refractivity contribution in [3.05, 3.63) is 66.1 Å². The first-order valence-electron chi connectivity index (χ1n) is 13.7. The molecule has 0 spiro atoms. The molecule has 6 aromatic rings. The number of pyridine rings is 3. The minimum atomic E-state index is 0.0442. The molecule has 0 aliphatic heterocycles. The van der Waals surface area contributed by atoms with Crippen molar-refractivity contribution in [2.24, 2.45) is 5.92 Å². The first kappa shape index (κ1) is 25.3. The summed E-state index contributed by atoms with van der Waals surface area (Å²) in [7, 11) is 0. The Labute approximate surface area is 239 Å². The molecule has 1 aliphatic carbocycles. The van der Waals surface area contributed by atoms with Gasteiger partial charge in [0, 0.05) is 51.9 Å². The molecule has 0 saturated heterocycles. The van der Waals surface area contributed by atoms with Crippen LogP contribution in [0, 0.1) is 5.92 Å². The molecule has 204 valence electrons. The number of carbonyl (C=O) groups is 2. The highest BCUT2D eigenvalue weighted by Gasteiger charge is 2.21. The Balaban J connectivity index is 1.22. The van der Waals surface area contributed by atoms with E-state index in [1.807, 2.05) is 36.4 Å². The number of aromatic amines is 2. The number of thiophene rings is 1. The number of amides is 1. The van der Waals surface area contributed by atoms with Gasteiger partial charge in [-0.2, -0.15) is 5.10 Å². The summed E-state index contributed by atoms with van der Waals surface area (Å²) in [5.41, 5.74) is 6.42. The molecule has 10 heteroatoms. The van der Waals surface area contributed by atoms with Crippen molar-refractivity contribution in [1.29, 1.82) is 0 Å². The Hall–Kier alpha value is -4.70. The summed E-state index contributed by atoms with van der Waals surface area (Å²) < 4.78 is 0. The summed E-state index contributed by atoms with van der Waals surface area (Å²) >= 11 is 1.44. The number of rotatable bonds is 6. The van der Waals surface area contributed by atoms with Gasteiger partial charge in [-0.1, -0.05) is 19.3 Å². The molecule has 0 bridgehead atoms. The smallest absolute Gasteiger partial charge is 0.227 e. The molecule has 0 atom stereocenters. The Kier molecular flexibility index (Phi) is 6.39. The number of ketones is 1. The van der Waals surface area contributed by atoms with Gasteiger partial charge in [-0.25, -0.2) is 4.98 Å². The van der Waals surface area contributed by atoms with Gasteiger partial charge >= 0.3 is 0 Å². The number of carbonyl (C=O) groups excluding carboxylic acids is 2. The van der Waals surface area contributed by atoms with Crippen LogP contribution in [0.15, 0.2) is 61.2 Å². The zero-order chi connectivity index (χ0) is 27.9. The van der Waals surface area contributed by atoms with Crippen LogP contribution >= 0.6 is 11.3 Å². The van der Waals surface area contributed by atoms with Crippen LogP contribution < -0.4 is 5.32 Å².